The number of nitrogens with one attached hydrogen (secondary N) is 2. The third-order valence-corrected chi connectivity index (χ3v) is 6.01. The van der Waals surface area contributed by atoms with Crippen LogP contribution in [0.4, 0.5) is 17.1 Å². The lowest BCUT2D eigenvalue weighted by atomic mass is 9.96. The standard InChI is InChI=1S/C23H23Cl2N3/c1-14-12-16(8-9-19(14)24)18-13-17-7-6-15-4-2-3-5-20(15)28-22(17)21(25)23(18)27-11-10-26/h2-5,8-9,12-13,27-28H,6-7,10-11,26H2,1H3. The van der Waals surface area contributed by atoms with Crippen LogP contribution in [-0.4, -0.2) is 13.1 Å². The van der Waals surface area contributed by atoms with Gasteiger partial charge in [-0.25, -0.2) is 0 Å². The summed E-state index contributed by atoms with van der Waals surface area (Å²) in [5.41, 5.74) is 14.5. The van der Waals surface area contributed by atoms with Crippen LogP contribution in [0.5, 0.6) is 0 Å². The van der Waals surface area contributed by atoms with Crippen molar-refractivity contribution in [1.82, 2.24) is 0 Å². The van der Waals surface area contributed by atoms with E-state index in [0.717, 1.165) is 51.6 Å². The monoisotopic (exact) mass is 411 g/mol. The van der Waals surface area contributed by atoms with Gasteiger partial charge < -0.3 is 16.4 Å². The second kappa shape index (κ2) is 8.04. The molecule has 1 aliphatic rings. The molecule has 3 aromatic rings. The SMILES string of the molecule is Cc1cc(-c2cc3c(c(Cl)c2NCCN)Nc2ccccc2CC3)ccc1Cl. The van der Waals surface area contributed by atoms with Crippen molar-refractivity contribution in [2.24, 2.45) is 5.73 Å². The minimum atomic E-state index is 0.531. The van der Waals surface area contributed by atoms with Crippen LogP contribution in [-0.2, 0) is 12.8 Å². The summed E-state index contributed by atoms with van der Waals surface area (Å²) in [5.74, 6) is 0. The lowest BCUT2D eigenvalue weighted by molar-refractivity contribution is 0.977. The summed E-state index contributed by atoms with van der Waals surface area (Å²) in [6.07, 6.45) is 1.90. The molecule has 0 atom stereocenters. The summed E-state index contributed by atoms with van der Waals surface area (Å²) >= 11 is 13.2. The zero-order chi connectivity index (χ0) is 19.7. The van der Waals surface area contributed by atoms with Gasteiger partial charge in [-0.15, -0.1) is 0 Å². The van der Waals surface area contributed by atoms with Gasteiger partial charge in [0.1, 0.15) is 0 Å². The Hall–Kier alpha value is -2.20. The highest BCUT2D eigenvalue weighted by molar-refractivity contribution is 6.37. The quantitative estimate of drug-likeness (QED) is 0.480. The van der Waals surface area contributed by atoms with E-state index >= 15 is 0 Å². The van der Waals surface area contributed by atoms with Gasteiger partial charge in [0.25, 0.3) is 0 Å². The first-order valence-corrected chi connectivity index (χ1v) is 10.2. The van der Waals surface area contributed by atoms with Gasteiger partial charge in [-0.3, -0.25) is 0 Å². The fraction of sp³-hybridized carbons (Fsp3) is 0.217. The number of hydrogen-bond donors (Lipinski definition) is 3. The average molecular weight is 412 g/mol. The summed E-state index contributed by atoms with van der Waals surface area (Å²) < 4.78 is 0. The zero-order valence-corrected chi connectivity index (χ0v) is 17.3. The Morgan fingerprint density at radius 1 is 1.04 bits per heavy atom. The largest absolute Gasteiger partial charge is 0.382 e. The Labute approximate surface area is 175 Å². The van der Waals surface area contributed by atoms with Crippen LogP contribution >= 0.6 is 23.2 Å². The third kappa shape index (κ3) is 3.58. The second-order valence-corrected chi connectivity index (χ2v) is 7.89. The molecule has 1 aliphatic heterocycles. The van der Waals surface area contributed by atoms with Crippen molar-refractivity contribution in [2.45, 2.75) is 19.8 Å². The summed E-state index contributed by atoms with van der Waals surface area (Å²) in [6, 6.07) is 16.7. The highest BCUT2D eigenvalue weighted by atomic mass is 35.5. The van der Waals surface area contributed by atoms with E-state index in [-0.39, 0.29) is 0 Å². The fourth-order valence-corrected chi connectivity index (χ4v) is 4.16. The number of aryl methyl sites for hydroxylation is 3. The first-order valence-electron chi connectivity index (χ1n) is 9.49. The average Bonchev–Trinajstić information content (AvgIpc) is 2.89. The molecule has 5 heteroatoms. The van der Waals surface area contributed by atoms with Gasteiger partial charge in [0, 0.05) is 29.4 Å². The van der Waals surface area contributed by atoms with Crippen molar-refractivity contribution in [3.05, 3.63) is 75.3 Å². The summed E-state index contributed by atoms with van der Waals surface area (Å²) in [5, 5.41) is 8.45. The van der Waals surface area contributed by atoms with Crippen molar-refractivity contribution in [3.8, 4) is 11.1 Å². The van der Waals surface area contributed by atoms with Crippen molar-refractivity contribution in [2.75, 3.05) is 23.7 Å². The summed E-state index contributed by atoms with van der Waals surface area (Å²) in [4.78, 5) is 0. The Bertz CT molecular complexity index is 1030. The molecule has 3 nitrogen and oxygen atoms in total. The van der Waals surface area contributed by atoms with Crippen molar-refractivity contribution >= 4 is 40.3 Å². The highest BCUT2D eigenvalue weighted by Crippen LogP contribution is 2.45. The second-order valence-electron chi connectivity index (χ2n) is 7.11. The first kappa shape index (κ1) is 19.1. The smallest absolute Gasteiger partial charge is 0.0881 e. The predicted octanol–water partition coefficient (Wildman–Crippen LogP) is 6.18. The maximum absolute atomic E-state index is 6.94. The van der Waals surface area contributed by atoms with E-state index in [9.17, 15) is 0 Å². The van der Waals surface area contributed by atoms with Gasteiger partial charge in [0.05, 0.1) is 16.4 Å². The third-order valence-electron chi connectivity index (χ3n) is 5.20. The number of para-hydroxylation sites is 1. The molecule has 0 aromatic heterocycles. The van der Waals surface area contributed by atoms with Crippen LogP contribution in [0.25, 0.3) is 11.1 Å². The molecule has 144 valence electrons. The van der Waals surface area contributed by atoms with E-state index in [1.807, 2.05) is 25.1 Å². The number of rotatable bonds is 4. The summed E-state index contributed by atoms with van der Waals surface area (Å²) in [7, 11) is 0. The molecular formula is C23H23Cl2N3. The van der Waals surface area contributed by atoms with Gasteiger partial charge in [0.2, 0.25) is 0 Å². The number of nitrogens with two attached hydrogens (primary N) is 1. The molecule has 4 rings (SSSR count). The van der Waals surface area contributed by atoms with Gasteiger partial charge in [-0.1, -0.05) is 47.5 Å². The molecule has 0 aliphatic carbocycles. The predicted molar refractivity (Wildman–Crippen MR) is 121 cm³/mol. The van der Waals surface area contributed by atoms with Crippen LogP contribution < -0.4 is 16.4 Å². The normalized spacial score (nSPS) is 12.6. The van der Waals surface area contributed by atoms with Crippen molar-refractivity contribution in [3.63, 3.8) is 0 Å². The van der Waals surface area contributed by atoms with E-state index in [0.29, 0.717) is 18.1 Å². The minimum Gasteiger partial charge on any atom is -0.382 e. The van der Waals surface area contributed by atoms with Crippen LogP contribution in [0.1, 0.15) is 16.7 Å². The van der Waals surface area contributed by atoms with Gasteiger partial charge in [0.15, 0.2) is 0 Å². The molecule has 28 heavy (non-hydrogen) atoms. The molecule has 4 N–H and O–H groups in total. The Kier molecular flexibility index (Phi) is 5.49. The maximum Gasteiger partial charge on any atom is 0.0881 e. The number of fused-ring (bicyclic) bond motifs is 2. The molecule has 0 spiro atoms. The van der Waals surface area contributed by atoms with Crippen molar-refractivity contribution < 1.29 is 0 Å². The zero-order valence-electron chi connectivity index (χ0n) is 15.8. The fourth-order valence-electron chi connectivity index (χ4n) is 3.71. The lowest BCUT2D eigenvalue weighted by Gasteiger charge is -2.20. The van der Waals surface area contributed by atoms with E-state index in [1.165, 1.54) is 11.1 Å². The topological polar surface area (TPSA) is 50.1 Å². The molecule has 3 aromatic carbocycles. The van der Waals surface area contributed by atoms with Crippen LogP contribution in [0, 0.1) is 6.92 Å². The van der Waals surface area contributed by atoms with Crippen LogP contribution in [0.3, 0.4) is 0 Å². The molecule has 0 unspecified atom stereocenters. The van der Waals surface area contributed by atoms with Gasteiger partial charge in [-0.2, -0.15) is 0 Å². The van der Waals surface area contributed by atoms with Crippen LogP contribution in [0.2, 0.25) is 10.0 Å². The van der Waals surface area contributed by atoms with E-state index < -0.39 is 0 Å². The molecule has 0 saturated carbocycles. The summed E-state index contributed by atoms with van der Waals surface area (Å²) in [6.45, 7) is 3.19. The molecule has 0 fully saturated rings. The molecule has 0 amide bonds. The Balaban J connectivity index is 1.88. The Morgan fingerprint density at radius 3 is 2.61 bits per heavy atom. The molecule has 0 radical (unpaired) electrons. The Morgan fingerprint density at radius 2 is 1.82 bits per heavy atom. The van der Waals surface area contributed by atoms with Gasteiger partial charge >= 0.3 is 0 Å². The highest BCUT2D eigenvalue weighted by Gasteiger charge is 2.21. The van der Waals surface area contributed by atoms with E-state index in [2.05, 4.69) is 41.0 Å². The van der Waals surface area contributed by atoms with E-state index in [4.69, 9.17) is 28.9 Å². The molecular weight excluding hydrogens is 389 g/mol. The number of anilines is 3. The molecule has 0 saturated heterocycles. The maximum atomic E-state index is 6.94. The van der Waals surface area contributed by atoms with E-state index in [1.54, 1.807) is 0 Å². The number of hydrogen-bond acceptors (Lipinski definition) is 3. The molecule has 0 bridgehead atoms. The minimum absolute atomic E-state index is 0.531. The van der Waals surface area contributed by atoms with Gasteiger partial charge in [-0.05, 0) is 66.3 Å². The van der Waals surface area contributed by atoms with Crippen molar-refractivity contribution in [1.29, 1.82) is 0 Å². The number of benzene rings is 3. The lowest BCUT2D eigenvalue weighted by Crippen LogP contribution is -2.14. The molecule has 1 heterocycles. The number of halogens is 2. The first-order chi connectivity index (χ1) is 13.6. The van der Waals surface area contributed by atoms with Crippen LogP contribution in [0.15, 0.2) is 48.5 Å².